The van der Waals surface area contributed by atoms with Crippen molar-refractivity contribution >= 4 is 17.6 Å². The summed E-state index contributed by atoms with van der Waals surface area (Å²) in [6, 6.07) is 13.1. The van der Waals surface area contributed by atoms with Crippen molar-refractivity contribution in [2.45, 2.75) is 26.0 Å². The second kappa shape index (κ2) is 9.22. The Morgan fingerprint density at radius 1 is 1.16 bits per heavy atom. The van der Waals surface area contributed by atoms with Crippen LogP contribution in [0.3, 0.4) is 0 Å². The summed E-state index contributed by atoms with van der Waals surface area (Å²) in [6.45, 7) is -0.574. The van der Waals surface area contributed by atoms with Crippen LogP contribution in [0.25, 0.3) is 0 Å². The summed E-state index contributed by atoms with van der Waals surface area (Å²) in [7, 11) is 0. The predicted molar refractivity (Wildman–Crippen MR) is 93.2 cm³/mol. The van der Waals surface area contributed by atoms with Crippen LogP contribution in [0.15, 0.2) is 48.5 Å². The lowest BCUT2D eigenvalue weighted by molar-refractivity contribution is -0.0498. The molecule has 0 fully saturated rings. The van der Waals surface area contributed by atoms with Gasteiger partial charge in [0, 0.05) is 11.6 Å². The van der Waals surface area contributed by atoms with E-state index in [1.165, 1.54) is 12.1 Å². The van der Waals surface area contributed by atoms with E-state index >= 15 is 0 Å². The van der Waals surface area contributed by atoms with Crippen molar-refractivity contribution in [2.24, 2.45) is 0 Å². The van der Waals surface area contributed by atoms with Gasteiger partial charge < -0.3 is 15.4 Å². The van der Waals surface area contributed by atoms with Gasteiger partial charge in [0.2, 0.25) is 0 Å². The van der Waals surface area contributed by atoms with Crippen molar-refractivity contribution in [3.05, 3.63) is 64.7 Å². The van der Waals surface area contributed by atoms with Crippen molar-refractivity contribution in [3.8, 4) is 5.75 Å². The Balaban J connectivity index is 1.76. The maximum atomic E-state index is 12.1. The van der Waals surface area contributed by atoms with E-state index in [9.17, 15) is 13.6 Å². The zero-order valence-corrected chi connectivity index (χ0v) is 14.4. The lowest BCUT2D eigenvalue weighted by atomic mass is 10.1. The maximum absolute atomic E-state index is 12.1. The number of benzene rings is 2. The Morgan fingerprint density at radius 2 is 1.84 bits per heavy atom. The van der Waals surface area contributed by atoms with E-state index in [-0.39, 0.29) is 17.8 Å². The van der Waals surface area contributed by atoms with Crippen LogP contribution in [0.1, 0.15) is 24.1 Å². The van der Waals surface area contributed by atoms with Crippen LogP contribution < -0.4 is 15.4 Å². The number of ether oxygens (including phenoxy) is 1. The highest BCUT2D eigenvalue weighted by molar-refractivity contribution is 6.31. The Bertz CT molecular complexity index is 696. The number of amides is 2. The van der Waals surface area contributed by atoms with Crippen LogP contribution in [0, 0.1) is 0 Å². The van der Waals surface area contributed by atoms with Gasteiger partial charge in [0.15, 0.2) is 0 Å². The average Bonchev–Trinajstić information content (AvgIpc) is 2.56. The maximum Gasteiger partial charge on any atom is 0.387 e. The van der Waals surface area contributed by atoms with E-state index in [0.717, 1.165) is 11.1 Å². The molecule has 2 aromatic carbocycles. The summed E-state index contributed by atoms with van der Waals surface area (Å²) in [5.41, 5.74) is 1.75. The van der Waals surface area contributed by atoms with E-state index in [2.05, 4.69) is 15.4 Å². The minimum absolute atomic E-state index is 0.109. The van der Waals surface area contributed by atoms with Crippen LogP contribution in [0.2, 0.25) is 5.02 Å². The summed E-state index contributed by atoms with van der Waals surface area (Å²) < 4.78 is 28.4. The number of urea groups is 1. The summed E-state index contributed by atoms with van der Waals surface area (Å²) in [6.07, 6.45) is 0.572. The van der Waals surface area contributed by atoms with E-state index in [4.69, 9.17) is 11.6 Å². The number of carbonyl (C=O) groups is 1. The summed E-state index contributed by atoms with van der Waals surface area (Å²) in [4.78, 5) is 11.9. The zero-order chi connectivity index (χ0) is 18.2. The van der Waals surface area contributed by atoms with E-state index in [1.807, 2.05) is 25.1 Å². The second-order valence-electron chi connectivity index (χ2n) is 5.42. The molecule has 7 heteroatoms. The molecular weight excluding hydrogens is 350 g/mol. The van der Waals surface area contributed by atoms with Gasteiger partial charge in [-0.2, -0.15) is 8.78 Å². The first-order valence-corrected chi connectivity index (χ1v) is 8.16. The van der Waals surface area contributed by atoms with Crippen LogP contribution in [-0.2, 0) is 6.42 Å². The van der Waals surface area contributed by atoms with E-state index in [1.54, 1.807) is 18.2 Å². The molecule has 1 atom stereocenters. The van der Waals surface area contributed by atoms with Gasteiger partial charge in [-0.05, 0) is 42.7 Å². The topological polar surface area (TPSA) is 50.4 Å². The number of nitrogens with one attached hydrogen (secondary N) is 2. The molecule has 2 amide bonds. The standard InChI is InChI=1S/C18H19ClF2N2O2/c1-12(15-4-2-3-5-16(15)19)23-18(24)22-11-10-13-6-8-14(9-7-13)25-17(20)21/h2-9,12,17H,10-11H2,1H3,(H2,22,23,24). The molecule has 0 bridgehead atoms. The van der Waals surface area contributed by atoms with Gasteiger partial charge in [0.25, 0.3) is 0 Å². The molecule has 0 aliphatic heterocycles. The monoisotopic (exact) mass is 368 g/mol. The van der Waals surface area contributed by atoms with Gasteiger partial charge in [0.1, 0.15) is 5.75 Å². The Hall–Kier alpha value is -2.34. The number of hydrogen-bond acceptors (Lipinski definition) is 2. The Labute approximate surface area is 150 Å². The quantitative estimate of drug-likeness (QED) is 0.753. The molecule has 0 saturated heterocycles. The van der Waals surface area contributed by atoms with E-state index < -0.39 is 6.61 Å². The Morgan fingerprint density at radius 3 is 2.48 bits per heavy atom. The summed E-state index contributed by atoms with van der Waals surface area (Å²) >= 11 is 6.10. The van der Waals surface area contributed by atoms with Gasteiger partial charge in [-0.3, -0.25) is 0 Å². The van der Waals surface area contributed by atoms with Crippen molar-refractivity contribution in [2.75, 3.05) is 6.54 Å². The van der Waals surface area contributed by atoms with Gasteiger partial charge in [-0.1, -0.05) is 41.9 Å². The first-order chi connectivity index (χ1) is 12.0. The largest absolute Gasteiger partial charge is 0.435 e. The fourth-order valence-electron chi connectivity index (χ4n) is 2.31. The molecule has 0 aromatic heterocycles. The molecule has 0 saturated carbocycles. The molecule has 25 heavy (non-hydrogen) atoms. The molecule has 134 valence electrons. The zero-order valence-electron chi connectivity index (χ0n) is 13.6. The van der Waals surface area contributed by atoms with Crippen LogP contribution in [0.5, 0.6) is 5.75 Å². The van der Waals surface area contributed by atoms with Crippen molar-refractivity contribution in [3.63, 3.8) is 0 Å². The highest BCUT2D eigenvalue weighted by Gasteiger charge is 2.11. The minimum Gasteiger partial charge on any atom is -0.435 e. The normalized spacial score (nSPS) is 11.9. The van der Waals surface area contributed by atoms with Gasteiger partial charge in [0.05, 0.1) is 6.04 Å². The first kappa shape index (κ1) is 19.0. The van der Waals surface area contributed by atoms with Crippen molar-refractivity contribution in [1.29, 1.82) is 0 Å². The van der Waals surface area contributed by atoms with Gasteiger partial charge in [-0.15, -0.1) is 0 Å². The third kappa shape index (κ3) is 6.23. The molecule has 1 unspecified atom stereocenters. The predicted octanol–water partition coefficient (Wildman–Crippen LogP) is 4.54. The number of rotatable bonds is 7. The SMILES string of the molecule is CC(NC(=O)NCCc1ccc(OC(F)F)cc1)c1ccccc1Cl. The highest BCUT2D eigenvalue weighted by atomic mass is 35.5. The van der Waals surface area contributed by atoms with Gasteiger partial charge in [-0.25, -0.2) is 4.79 Å². The lowest BCUT2D eigenvalue weighted by Crippen LogP contribution is -2.38. The number of hydrogen-bond donors (Lipinski definition) is 2. The summed E-state index contributed by atoms with van der Waals surface area (Å²) in [5.74, 6) is 0.109. The smallest absolute Gasteiger partial charge is 0.387 e. The highest BCUT2D eigenvalue weighted by Crippen LogP contribution is 2.21. The molecule has 0 heterocycles. The molecule has 4 nitrogen and oxygen atoms in total. The molecule has 0 radical (unpaired) electrons. The fourth-order valence-corrected chi connectivity index (χ4v) is 2.61. The first-order valence-electron chi connectivity index (χ1n) is 7.78. The third-order valence-corrected chi connectivity index (χ3v) is 3.91. The molecule has 0 aliphatic carbocycles. The van der Waals surface area contributed by atoms with Gasteiger partial charge >= 0.3 is 12.6 Å². The van der Waals surface area contributed by atoms with Crippen LogP contribution in [0.4, 0.5) is 13.6 Å². The molecule has 0 aliphatic rings. The van der Waals surface area contributed by atoms with Crippen molar-refractivity contribution in [1.82, 2.24) is 10.6 Å². The molecule has 2 N–H and O–H groups in total. The molecule has 2 aromatic rings. The minimum atomic E-state index is -2.84. The summed E-state index contributed by atoms with van der Waals surface area (Å²) in [5, 5.41) is 6.17. The molecule has 2 rings (SSSR count). The fraction of sp³-hybridized carbons (Fsp3) is 0.278. The third-order valence-electron chi connectivity index (χ3n) is 3.57. The number of carbonyl (C=O) groups excluding carboxylic acids is 1. The van der Waals surface area contributed by atoms with Crippen LogP contribution >= 0.6 is 11.6 Å². The van der Waals surface area contributed by atoms with Crippen LogP contribution in [-0.4, -0.2) is 19.2 Å². The van der Waals surface area contributed by atoms with E-state index in [0.29, 0.717) is 18.0 Å². The Kier molecular flexibility index (Phi) is 7.01. The van der Waals surface area contributed by atoms with Crippen molar-refractivity contribution < 1.29 is 18.3 Å². The lowest BCUT2D eigenvalue weighted by Gasteiger charge is -2.16. The second-order valence-corrected chi connectivity index (χ2v) is 5.82. The molecule has 0 spiro atoms. The number of alkyl halides is 2. The number of halogens is 3. The molecular formula is C18H19ClF2N2O2. The average molecular weight is 369 g/mol.